The van der Waals surface area contributed by atoms with Gasteiger partial charge in [-0.2, -0.15) is 13.2 Å². The van der Waals surface area contributed by atoms with Crippen LogP contribution in [-0.2, 0) is 6.18 Å². The van der Waals surface area contributed by atoms with Crippen LogP contribution in [0.3, 0.4) is 0 Å². The predicted octanol–water partition coefficient (Wildman–Crippen LogP) is 3.10. The third-order valence-electron chi connectivity index (χ3n) is 2.92. The van der Waals surface area contributed by atoms with E-state index in [-0.39, 0.29) is 14.5 Å². The molecule has 0 radical (unpaired) electrons. The van der Waals surface area contributed by atoms with Crippen molar-refractivity contribution in [3.8, 4) is 5.69 Å². The SMILES string of the molecule is O=c1[nH]nc(Sc2ncc([N+](=O)[O-])s2)n1-c1ccccc1C(F)(F)F. The number of halogens is 3. The largest absolute Gasteiger partial charge is 0.418 e. The maximum absolute atomic E-state index is 13.2. The van der Waals surface area contributed by atoms with E-state index >= 15 is 0 Å². The van der Waals surface area contributed by atoms with E-state index in [1.165, 1.54) is 12.1 Å². The molecule has 0 fully saturated rings. The fraction of sp³-hybridized carbons (Fsp3) is 0.0833. The van der Waals surface area contributed by atoms with E-state index in [0.29, 0.717) is 0 Å². The molecule has 8 nitrogen and oxygen atoms in total. The molecular formula is C12H6F3N5O3S2. The average Bonchev–Trinajstić information content (AvgIpc) is 3.14. The van der Waals surface area contributed by atoms with E-state index in [1.54, 1.807) is 0 Å². The van der Waals surface area contributed by atoms with Gasteiger partial charge < -0.3 is 0 Å². The molecule has 0 bridgehead atoms. The lowest BCUT2D eigenvalue weighted by molar-refractivity contribution is -0.380. The fourth-order valence-corrected chi connectivity index (χ4v) is 3.67. The number of aromatic nitrogens is 4. The number of para-hydroxylation sites is 1. The average molecular weight is 389 g/mol. The first-order chi connectivity index (χ1) is 11.8. The van der Waals surface area contributed by atoms with Crippen molar-refractivity contribution in [1.82, 2.24) is 19.7 Å². The molecule has 1 N–H and O–H groups in total. The second kappa shape index (κ2) is 6.33. The molecule has 0 atom stereocenters. The molecule has 130 valence electrons. The highest BCUT2D eigenvalue weighted by Gasteiger charge is 2.34. The second-order valence-corrected chi connectivity index (χ2v) is 6.71. The van der Waals surface area contributed by atoms with Crippen LogP contribution < -0.4 is 5.69 Å². The molecule has 25 heavy (non-hydrogen) atoms. The van der Waals surface area contributed by atoms with Gasteiger partial charge in [0.2, 0.25) is 5.16 Å². The summed E-state index contributed by atoms with van der Waals surface area (Å²) in [6, 6.07) is 4.53. The van der Waals surface area contributed by atoms with Gasteiger partial charge in [0.1, 0.15) is 6.20 Å². The Morgan fingerprint density at radius 1 is 1.32 bits per heavy atom. The van der Waals surface area contributed by atoms with Gasteiger partial charge in [-0.15, -0.1) is 5.10 Å². The van der Waals surface area contributed by atoms with Crippen molar-refractivity contribution in [1.29, 1.82) is 0 Å². The van der Waals surface area contributed by atoms with Gasteiger partial charge in [-0.25, -0.2) is 19.4 Å². The lowest BCUT2D eigenvalue weighted by Crippen LogP contribution is -2.20. The van der Waals surface area contributed by atoms with E-state index in [9.17, 15) is 28.1 Å². The first-order valence-corrected chi connectivity index (χ1v) is 8.03. The number of benzene rings is 1. The highest BCUT2D eigenvalue weighted by Crippen LogP contribution is 2.37. The summed E-state index contributed by atoms with van der Waals surface area (Å²) in [6.45, 7) is 0. The molecule has 3 rings (SSSR count). The minimum Gasteiger partial charge on any atom is -0.257 e. The number of aromatic amines is 1. The number of alkyl halides is 3. The minimum atomic E-state index is -4.67. The summed E-state index contributed by atoms with van der Waals surface area (Å²) in [5, 5.41) is 16.1. The standard InChI is InChI=1S/C12H6F3N5O3S2/c13-12(14,15)6-3-1-2-4-7(6)19-9(21)17-18-10(19)25-11-16-5-8(24-11)20(22)23/h1-5H,(H,17,21). The van der Waals surface area contributed by atoms with Crippen molar-refractivity contribution >= 4 is 28.1 Å². The summed E-state index contributed by atoms with van der Waals surface area (Å²) in [7, 11) is 0. The van der Waals surface area contributed by atoms with Crippen molar-refractivity contribution in [2.45, 2.75) is 15.7 Å². The quantitative estimate of drug-likeness (QED) is 0.543. The number of nitrogens with zero attached hydrogens (tertiary/aromatic N) is 4. The predicted molar refractivity (Wildman–Crippen MR) is 82.1 cm³/mol. The lowest BCUT2D eigenvalue weighted by Gasteiger charge is -2.13. The van der Waals surface area contributed by atoms with Gasteiger partial charge in [-0.3, -0.25) is 10.1 Å². The first kappa shape index (κ1) is 17.2. The van der Waals surface area contributed by atoms with E-state index < -0.39 is 28.0 Å². The molecule has 0 unspecified atom stereocenters. The van der Waals surface area contributed by atoms with E-state index in [4.69, 9.17) is 0 Å². The smallest absolute Gasteiger partial charge is 0.257 e. The normalized spacial score (nSPS) is 11.6. The van der Waals surface area contributed by atoms with Crippen molar-refractivity contribution < 1.29 is 18.1 Å². The molecule has 0 saturated carbocycles. The molecule has 1 aromatic carbocycles. The molecule has 0 amide bonds. The summed E-state index contributed by atoms with van der Waals surface area (Å²) >= 11 is 1.46. The van der Waals surface area contributed by atoms with E-state index in [2.05, 4.69) is 15.2 Å². The van der Waals surface area contributed by atoms with Gasteiger partial charge >= 0.3 is 16.9 Å². The molecule has 0 aliphatic heterocycles. The van der Waals surface area contributed by atoms with Gasteiger partial charge in [0, 0.05) is 0 Å². The molecular weight excluding hydrogens is 383 g/mol. The van der Waals surface area contributed by atoms with Crippen molar-refractivity contribution in [2.75, 3.05) is 0 Å². The number of hydrogen-bond donors (Lipinski definition) is 1. The first-order valence-electron chi connectivity index (χ1n) is 6.39. The molecule has 3 aromatic rings. The van der Waals surface area contributed by atoms with Crippen LogP contribution in [0.2, 0.25) is 0 Å². The summed E-state index contributed by atoms with van der Waals surface area (Å²) in [5.74, 6) is 0. The summed E-state index contributed by atoms with van der Waals surface area (Å²) < 4.78 is 40.5. The molecule has 0 aliphatic carbocycles. The van der Waals surface area contributed by atoms with Gasteiger partial charge in [0.05, 0.1) is 16.2 Å². The highest BCUT2D eigenvalue weighted by atomic mass is 32.2. The van der Waals surface area contributed by atoms with Crippen LogP contribution in [-0.4, -0.2) is 24.7 Å². The fourth-order valence-electron chi connectivity index (χ4n) is 1.93. The summed E-state index contributed by atoms with van der Waals surface area (Å²) in [4.78, 5) is 25.8. The second-order valence-electron chi connectivity index (χ2n) is 4.49. The zero-order chi connectivity index (χ0) is 18.2. The Morgan fingerprint density at radius 3 is 2.68 bits per heavy atom. The topological polar surface area (TPSA) is 107 Å². The van der Waals surface area contributed by atoms with E-state index in [1.807, 2.05) is 0 Å². The number of hydrogen-bond acceptors (Lipinski definition) is 7. The Kier molecular flexibility index (Phi) is 4.34. The van der Waals surface area contributed by atoms with Crippen LogP contribution in [0.5, 0.6) is 0 Å². The number of nitrogens with one attached hydrogen (secondary N) is 1. The van der Waals surface area contributed by atoms with Crippen LogP contribution in [0.15, 0.2) is 44.8 Å². The third kappa shape index (κ3) is 3.41. The summed E-state index contributed by atoms with van der Waals surface area (Å²) in [6.07, 6.45) is -3.65. The summed E-state index contributed by atoms with van der Waals surface area (Å²) in [5.41, 5.74) is -2.28. The van der Waals surface area contributed by atoms with Gasteiger partial charge in [-0.05, 0) is 35.2 Å². The van der Waals surface area contributed by atoms with Crippen LogP contribution >= 0.6 is 23.1 Å². The van der Waals surface area contributed by atoms with Gasteiger partial charge in [0.15, 0.2) is 4.34 Å². The minimum absolute atomic E-state index is 0.119. The van der Waals surface area contributed by atoms with E-state index in [0.717, 1.165) is 46.0 Å². The van der Waals surface area contributed by atoms with Crippen LogP contribution in [0.1, 0.15) is 5.56 Å². The van der Waals surface area contributed by atoms with Crippen molar-refractivity contribution in [2.24, 2.45) is 0 Å². The monoisotopic (exact) mass is 389 g/mol. The lowest BCUT2D eigenvalue weighted by atomic mass is 10.1. The Balaban J connectivity index is 2.06. The maximum Gasteiger partial charge on any atom is 0.418 e. The molecule has 0 saturated heterocycles. The zero-order valence-corrected chi connectivity index (χ0v) is 13.5. The Morgan fingerprint density at radius 2 is 2.04 bits per heavy atom. The maximum atomic E-state index is 13.2. The Hall–Kier alpha value is -2.67. The zero-order valence-electron chi connectivity index (χ0n) is 11.9. The molecule has 0 aliphatic rings. The molecule has 0 spiro atoms. The van der Waals surface area contributed by atoms with Crippen molar-refractivity contribution in [3.05, 3.63) is 56.6 Å². The molecule has 13 heteroatoms. The van der Waals surface area contributed by atoms with Gasteiger partial charge in [0.25, 0.3) is 0 Å². The number of thiazole rings is 1. The molecule has 2 heterocycles. The molecule has 2 aromatic heterocycles. The number of H-pyrrole nitrogens is 1. The van der Waals surface area contributed by atoms with Crippen LogP contribution in [0, 0.1) is 10.1 Å². The Labute approximate surface area is 144 Å². The van der Waals surface area contributed by atoms with Crippen LogP contribution in [0.4, 0.5) is 18.2 Å². The highest BCUT2D eigenvalue weighted by molar-refractivity contribution is 8.00. The number of rotatable bonds is 4. The third-order valence-corrected chi connectivity index (χ3v) is 4.90. The Bertz CT molecular complexity index is 994. The van der Waals surface area contributed by atoms with Crippen LogP contribution in [0.25, 0.3) is 5.69 Å². The number of nitro groups is 1. The van der Waals surface area contributed by atoms with Gasteiger partial charge in [-0.1, -0.05) is 12.1 Å². The van der Waals surface area contributed by atoms with Crippen molar-refractivity contribution in [3.63, 3.8) is 0 Å².